The number of rotatable bonds is 2. The highest BCUT2D eigenvalue weighted by Crippen LogP contribution is 2.36. The second-order valence-corrected chi connectivity index (χ2v) is 7.06. The van der Waals surface area contributed by atoms with Crippen LogP contribution < -0.4 is 5.32 Å². The Morgan fingerprint density at radius 1 is 1.27 bits per heavy atom. The van der Waals surface area contributed by atoms with Crippen molar-refractivity contribution >= 4 is 5.91 Å². The number of hydrogen-bond donors (Lipinski definition) is 1. The van der Waals surface area contributed by atoms with Crippen molar-refractivity contribution in [2.45, 2.75) is 58.5 Å². The molecule has 2 aliphatic heterocycles. The maximum atomic E-state index is 13.0. The molecule has 1 N–H and O–H groups in total. The SMILES string of the molecule is Cc1cccc(C2CCCN2C(=O)[C@H]2CCN[C@@H](C)C2)c1C. The molecule has 0 radical (unpaired) electrons. The number of nitrogens with zero attached hydrogens (tertiary/aromatic N) is 1. The second-order valence-electron chi connectivity index (χ2n) is 7.06. The van der Waals surface area contributed by atoms with Gasteiger partial charge in [0.1, 0.15) is 0 Å². The summed E-state index contributed by atoms with van der Waals surface area (Å²) in [7, 11) is 0. The van der Waals surface area contributed by atoms with Gasteiger partial charge in [0.25, 0.3) is 0 Å². The predicted molar refractivity (Wildman–Crippen MR) is 89.8 cm³/mol. The Hall–Kier alpha value is -1.35. The summed E-state index contributed by atoms with van der Waals surface area (Å²) in [5, 5.41) is 3.45. The molecular weight excluding hydrogens is 272 g/mol. The molecule has 3 atom stereocenters. The van der Waals surface area contributed by atoms with Crippen molar-refractivity contribution in [1.82, 2.24) is 10.2 Å². The second kappa shape index (κ2) is 6.41. The summed E-state index contributed by atoms with van der Waals surface area (Å²) >= 11 is 0. The maximum Gasteiger partial charge on any atom is 0.226 e. The molecule has 3 rings (SSSR count). The third kappa shape index (κ3) is 2.91. The Morgan fingerprint density at radius 3 is 2.86 bits per heavy atom. The van der Waals surface area contributed by atoms with Gasteiger partial charge in [-0.15, -0.1) is 0 Å². The van der Waals surface area contributed by atoms with Crippen LogP contribution in [-0.4, -0.2) is 29.9 Å². The molecule has 2 saturated heterocycles. The van der Waals surface area contributed by atoms with Crippen molar-refractivity contribution in [1.29, 1.82) is 0 Å². The molecule has 1 unspecified atom stereocenters. The molecular formula is C19H28N2O. The van der Waals surface area contributed by atoms with E-state index in [1.807, 2.05) is 0 Å². The van der Waals surface area contributed by atoms with Crippen molar-refractivity contribution in [3.05, 3.63) is 34.9 Å². The van der Waals surface area contributed by atoms with Crippen LogP contribution in [0, 0.1) is 19.8 Å². The third-order valence-corrected chi connectivity index (χ3v) is 5.51. The molecule has 3 heteroatoms. The molecule has 0 bridgehead atoms. The molecule has 1 aromatic carbocycles. The van der Waals surface area contributed by atoms with E-state index < -0.39 is 0 Å². The number of nitrogens with one attached hydrogen (secondary N) is 1. The highest BCUT2D eigenvalue weighted by atomic mass is 16.2. The molecule has 22 heavy (non-hydrogen) atoms. The van der Waals surface area contributed by atoms with Crippen LogP contribution in [0.1, 0.15) is 55.3 Å². The van der Waals surface area contributed by atoms with Crippen molar-refractivity contribution < 1.29 is 4.79 Å². The summed E-state index contributed by atoms with van der Waals surface area (Å²) in [4.78, 5) is 15.2. The van der Waals surface area contributed by atoms with Gasteiger partial charge in [0.05, 0.1) is 6.04 Å². The van der Waals surface area contributed by atoms with E-state index in [-0.39, 0.29) is 12.0 Å². The predicted octanol–water partition coefficient (Wildman–Crippen LogP) is 3.36. The van der Waals surface area contributed by atoms with E-state index in [2.05, 4.69) is 49.2 Å². The number of carbonyl (C=O) groups is 1. The van der Waals surface area contributed by atoms with E-state index in [1.54, 1.807) is 0 Å². The lowest BCUT2D eigenvalue weighted by molar-refractivity contribution is -0.137. The zero-order valence-electron chi connectivity index (χ0n) is 14.1. The molecule has 0 saturated carbocycles. The topological polar surface area (TPSA) is 32.3 Å². The minimum absolute atomic E-state index is 0.210. The summed E-state index contributed by atoms with van der Waals surface area (Å²) in [6.45, 7) is 8.44. The van der Waals surface area contributed by atoms with E-state index in [9.17, 15) is 4.79 Å². The van der Waals surface area contributed by atoms with Gasteiger partial charge in [-0.05, 0) is 69.7 Å². The maximum absolute atomic E-state index is 13.0. The normalized spacial score (nSPS) is 28.9. The number of benzene rings is 1. The van der Waals surface area contributed by atoms with Gasteiger partial charge in [-0.2, -0.15) is 0 Å². The molecule has 0 spiro atoms. The first-order valence-electron chi connectivity index (χ1n) is 8.68. The standard InChI is InChI=1S/C19H28N2O/c1-13-6-4-7-17(15(13)3)18-8-5-11-21(18)19(22)16-9-10-20-14(2)12-16/h4,6-7,14,16,18,20H,5,8-12H2,1-3H3/t14-,16-,18?/m0/s1. The molecule has 2 aliphatic rings. The van der Waals surface area contributed by atoms with Crippen molar-refractivity contribution in [3.8, 4) is 0 Å². The highest BCUT2D eigenvalue weighted by molar-refractivity contribution is 5.80. The average molecular weight is 300 g/mol. The Bertz CT molecular complexity index is 554. The van der Waals surface area contributed by atoms with Crippen molar-refractivity contribution in [2.24, 2.45) is 5.92 Å². The third-order valence-electron chi connectivity index (χ3n) is 5.51. The summed E-state index contributed by atoms with van der Waals surface area (Å²) in [6, 6.07) is 7.26. The fraction of sp³-hybridized carbons (Fsp3) is 0.632. The summed E-state index contributed by atoms with van der Waals surface area (Å²) in [6.07, 6.45) is 4.20. The van der Waals surface area contributed by atoms with E-state index in [0.29, 0.717) is 11.9 Å². The molecule has 1 aromatic rings. The van der Waals surface area contributed by atoms with Gasteiger partial charge in [0, 0.05) is 18.5 Å². The van der Waals surface area contributed by atoms with Gasteiger partial charge in [0.15, 0.2) is 0 Å². The lowest BCUT2D eigenvalue weighted by Gasteiger charge is -2.34. The van der Waals surface area contributed by atoms with Crippen LogP contribution in [0.2, 0.25) is 0 Å². The summed E-state index contributed by atoms with van der Waals surface area (Å²) in [5.41, 5.74) is 4.03. The number of aryl methyl sites for hydroxylation is 1. The van der Waals surface area contributed by atoms with Gasteiger partial charge < -0.3 is 10.2 Å². The molecule has 120 valence electrons. The van der Waals surface area contributed by atoms with Crippen LogP contribution in [-0.2, 0) is 4.79 Å². The van der Waals surface area contributed by atoms with E-state index >= 15 is 0 Å². The summed E-state index contributed by atoms with van der Waals surface area (Å²) in [5.74, 6) is 0.596. The van der Waals surface area contributed by atoms with E-state index in [1.165, 1.54) is 16.7 Å². The molecule has 3 nitrogen and oxygen atoms in total. The molecule has 2 fully saturated rings. The van der Waals surface area contributed by atoms with Crippen LogP contribution >= 0.6 is 0 Å². The minimum Gasteiger partial charge on any atom is -0.335 e. The first kappa shape index (κ1) is 15.5. The minimum atomic E-state index is 0.210. The zero-order valence-corrected chi connectivity index (χ0v) is 14.1. The first-order valence-corrected chi connectivity index (χ1v) is 8.68. The van der Waals surface area contributed by atoms with Gasteiger partial charge >= 0.3 is 0 Å². The Labute approximate surface area is 134 Å². The lowest BCUT2D eigenvalue weighted by atomic mass is 9.90. The summed E-state index contributed by atoms with van der Waals surface area (Å²) < 4.78 is 0. The van der Waals surface area contributed by atoms with E-state index in [0.717, 1.165) is 38.8 Å². The van der Waals surface area contributed by atoms with Crippen molar-refractivity contribution in [2.75, 3.05) is 13.1 Å². The van der Waals surface area contributed by atoms with Gasteiger partial charge in [0.2, 0.25) is 5.91 Å². The fourth-order valence-corrected chi connectivity index (χ4v) is 4.08. The van der Waals surface area contributed by atoms with Gasteiger partial charge in [-0.1, -0.05) is 18.2 Å². The Morgan fingerprint density at radius 2 is 2.09 bits per heavy atom. The quantitative estimate of drug-likeness (QED) is 0.908. The fourth-order valence-electron chi connectivity index (χ4n) is 4.08. The first-order chi connectivity index (χ1) is 10.6. The number of hydrogen-bond acceptors (Lipinski definition) is 2. The molecule has 2 heterocycles. The molecule has 0 aliphatic carbocycles. The van der Waals surface area contributed by atoms with Crippen LogP contribution in [0.25, 0.3) is 0 Å². The Kier molecular flexibility index (Phi) is 4.53. The number of piperidine rings is 1. The van der Waals surface area contributed by atoms with Crippen LogP contribution in [0.15, 0.2) is 18.2 Å². The van der Waals surface area contributed by atoms with Crippen LogP contribution in [0.3, 0.4) is 0 Å². The zero-order chi connectivity index (χ0) is 15.7. The molecule has 1 amide bonds. The number of carbonyl (C=O) groups excluding carboxylic acids is 1. The average Bonchev–Trinajstić information content (AvgIpc) is 2.98. The van der Waals surface area contributed by atoms with E-state index in [4.69, 9.17) is 0 Å². The van der Waals surface area contributed by atoms with Crippen LogP contribution in [0.5, 0.6) is 0 Å². The Balaban J connectivity index is 1.81. The lowest BCUT2D eigenvalue weighted by Crippen LogP contribution is -2.44. The highest BCUT2D eigenvalue weighted by Gasteiger charge is 2.35. The smallest absolute Gasteiger partial charge is 0.226 e. The van der Waals surface area contributed by atoms with Crippen LogP contribution in [0.4, 0.5) is 0 Å². The number of likely N-dealkylation sites (tertiary alicyclic amines) is 1. The molecule has 0 aromatic heterocycles. The number of amides is 1. The van der Waals surface area contributed by atoms with Gasteiger partial charge in [-0.3, -0.25) is 4.79 Å². The monoisotopic (exact) mass is 300 g/mol. The largest absolute Gasteiger partial charge is 0.335 e. The van der Waals surface area contributed by atoms with Crippen molar-refractivity contribution in [3.63, 3.8) is 0 Å². The van der Waals surface area contributed by atoms with Gasteiger partial charge in [-0.25, -0.2) is 0 Å².